The lowest BCUT2D eigenvalue weighted by molar-refractivity contribution is 0.418. The van der Waals surface area contributed by atoms with Crippen LogP contribution in [0, 0.1) is 0 Å². The molecular weight excluding hydrogens is 246 g/mol. The summed E-state index contributed by atoms with van der Waals surface area (Å²) in [5.41, 5.74) is 3.47. The van der Waals surface area contributed by atoms with Crippen LogP contribution in [0.1, 0.15) is 64.6 Å². The van der Waals surface area contributed by atoms with Gasteiger partial charge in [-0.15, -0.1) is 0 Å². The second-order valence-corrected chi connectivity index (χ2v) is 5.30. The number of fused-ring (bicyclic) bond motifs is 1. The molecule has 2 rings (SSSR count). The molecule has 20 heavy (non-hydrogen) atoms. The Morgan fingerprint density at radius 3 is 2.15 bits per heavy atom. The van der Waals surface area contributed by atoms with Crippen LogP contribution in [0.3, 0.4) is 0 Å². The molecule has 110 valence electrons. The largest absolute Gasteiger partial charge is 0.494 e. The van der Waals surface area contributed by atoms with E-state index in [0.29, 0.717) is 11.8 Å². The van der Waals surface area contributed by atoms with Gasteiger partial charge in [-0.25, -0.2) is 4.98 Å². The van der Waals surface area contributed by atoms with Gasteiger partial charge >= 0.3 is 0 Å². The summed E-state index contributed by atoms with van der Waals surface area (Å²) in [6.07, 6.45) is 0. The van der Waals surface area contributed by atoms with E-state index in [-0.39, 0.29) is 0 Å². The van der Waals surface area contributed by atoms with Crippen molar-refractivity contribution in [1.29, 1.82) is 0 Å². The first kappa shape index (κ1) is 16.5. The van der Waals surface area contributed by atoms with Crippen molar-refractivity contribution in [3.63, 3.8) is 0 Å². The van der Waals surface area contributed by atoms with Crippen LogP contribution in [0.15, 0.2) is 24.3 Å². The molecule has 0 aliphatic rings. The molecule has 1 heterocycles. The Kier molecular flexibility index (Phi) is 6.00. The van der Waals surface area contributed by atoms with E-state index < -0.39 is 0 Å². The summed E-state index contributed by atoms with van der Waals surface area (Å²) in [4.78, 5) is 4.76. The average Bonchev–Trinajstić information content (AvgIpc) is 2.47. The zero-order valence-electron chi connectivity index (χ0n) is 13.8. The van der Waals surface area contributed by atoms with Crippen LogP contribution >= 0.6 is 0 Å². The SMILES string of the molecule is CC.COc1cccc2c(C(C)C)cc(C(C)C)nc12. The molecule has 0 spiro atoms. The number of nitrogens with zero attached hydrogens (tertiary/aromatic N) is 1. The van der Waals surface area contributed by atoms with Crippen LogP contribution in [0.4, 0.5) is 0 Å². The summed E-state index contributed by atoms with van der Waals surface area (Å²) < 4.78 is 5.43. The number of methoxy groups -OCH3 is 1. The van der Waals surface area contributed by atoms with E-state index in [0.717, 1.165) is 17.0 Å². The molecule has 0 saturated heterocycles. The molecular formula is C18H27NO. The highest BCUT2D eigenvalue weighted by Crippen LogP contribution is 2.32. The van der Waals surface area contributed by atoms with Gasteiger partial charge in [-0.2, -0.15) is 0 Å². The van der Waals surface area contributed by atoms with E-state index in [1.54, 1.807) is 7.11 Å². The van der Waals surface area contributed by atoms with E-state index in [9.17, 15) is 0 Å². The van der Waals surface area contributed by atoms with Crippen molar-refractivity contribution in [2.24, 2.45) is 0 Å². The van der Waals surface area contributed by atoms with Gasteiger partial charge in [-0.05, 0) is 29.5 Å². The first-order chi connectivity index (χ1) is 9.54. The minimum atomic E-state index is 0.428. The summed E-state index contributed by atoms with van der Waals surface area (Å²) in [5.74, 6) is 1.77. The second kappa shape index (κ2) is 7.28. The van der Waals surface area contributed by atoms with Gasteiger partial charge in [0.1, 0.15) is 11.3 Å². The minimum Gasteiger partial charge on any atom is -0.494 e. The highest BCUT2D eigenvalue weighted by molar-refractivity contribution is 5.88. The molecule has 0 fully saturated rings. The smallest absolute Gasteiger partial charge is 0.145 e. The Bertz CT molecular complexity index is 559. The van der Waals surface area contributed by atoms with Crippen LogP contribution in [-0.4, -0.2) is 12.1 Å². The fourth-order valence-corrected chi connectivity index (χ4v) is 2.21. The van der Waals surface area contributed by atoms with Crippen molar-refractivity contribution in [3.8, 4) is 5.75 Å². The van der Waals surface area contributed by atoms with Crippen molar-refractivity contribution in [2.75, 3.05) is 7.11 Å². The lowest BCUT2D eigenvalue weighted by atomic mass is 9.95. The molecule has 2 heteroatoms. The first-order valence-corrected chi connectivity index (χ1v) is 7.52. The Hall–Kier alpha value is -1.57. The first-order valence-electron chi connectivity index (χ1n) is 7.52. The van der Waals surface area contributed by atoms with Gasteiger partial charge < -0.3 is 4.74 Å². The fraction of sp³-hybridized carbons (Fsp3) is 0.500. The molecule has 2 nitrogen and oxygen atoms in total. The number of pyridine rings is 1. The van der Waals surface area contributed by atoms with Gasteiger partial charge in [0.15, 0.2) is 0 Å². The van der Waals surface area contributed by atoms with Gasteiger partial charge in [0.25, 0.3) is 0 Å². The molecule has 0 aliphatic carbocycles. The van der Waals surface area contributed by atoms with Gasteiger partial charge in [0, 0.05) is 11.1 Å². The topological polar surface area (TPSA) is 22.1 Å². The molecule has 0 aliphatic heterocycles. The second-order valence-electron chi connectivity index (χ2n) is 5.30. The van der Waals surface area contributed by atoms with Crippen molar-refractivity contribution in [3.05, 3.63) is 35.5 Å². The molecule has 2 aromatic rings. The number of rotatable bonds is 3. The van der Waals surface area contributed by atoms with Crippen molar-refractivity contribution in [1.82, 2.24) is 4.98 Å². The maximum Gasteiger partial charge on any atom is 0.145 e. The standard InChI is InChI=1S/C16H21NO.C2H6/c1-10(2)13-9-14(11(3)4)17-16-12(13)7-6-8-15(16)18-5;1-2/h6-11H,1-5H3;1-2H3. The third kappa shape index (κ3) is 3.30. The summed E-state index contributed by atoms with van der Waals surface area (Å²) in [7, 11) is 1.70. The Morgan fingerprint density at radius 1 is 1.00 bits per heavy atom. The van der Waals surface area contributed by atoms with Gasteiger partial charge in [0.05, 0.1) is 7.11 Å². The monoisotopic (exact) mass is 273 g/mol. The van der Waals surface area contributed by atoms with Crippen LogP contribution in [-0.2, 0) is 0 Å². The normalized spacial score (nSPS) is 10.7. The van der Waals surface area contributed by atoms with Crippen molar-refractivity contribution < 1.29 is 4.74 Å². The number of para-hydroxylation sites is 1. The lowest BCUT2D eigenvalue weighted by Gasteiger charge is -2.15. The van der Waals surface area contributed by atoms with Crippen molar-refractivity contribution in [2.45, 2.75) is 53.4 Å². The fourth-order valence-electron chi connectivity index (χ4n) is 2.21. The number of ether oxygens (including phenoxy) is 1. The number of hydrogen-bond acceptors (Lipinski definition) is 2. The van der Waals surface area contributed by atoms with Crippen molar-refractivity contribution >= 4 is 10.9 Å². The van der Waals surface area contributed by atoms with Crippen LogP contribution in [0.25, 0.3) is 10.9 Å². The third-order valence-electron chi connectivity index (χ3n) is 3.29. The predicted octanol–water partition coefficient (Wildman–Crippen LogP) is 5.52. The van der Waals surface area contributed by atoms with Gasteiger partial charge in [-0.1, -0.05) is 53.7 Å². The maximum absolute atomic E-state index is 5.43. The Morgan fingerprint density at radius 2 is 1.65 bits per heavy atom. The summed E-state index contributed by atoms with van der Waals surface area (Å²) in [6, 6.07) is 8.37. The third-order valence-corrected chi connectivity index (χ3v) is 3.29. The highest BCUT2D eigenvalue weighted by atomic mass is 16.5. The van der Waals surface area contributed by atoms with Crippen LogP contribution in [0.5, 0.6) is 5.75 Å². The Balaban J connectivity index is 0.000000956. The molecule has 0 saturated carbocycles. The number of aromatic nitrogens is 1. The van der Waals surface area contributed by atoms with E-state index >= 15 is 0 Å². The Labute approximate surface area is 123 Å². The number of benzene rings is 1. The quantitative estimate of drug-likeness (QED) is 0.735. The lowest BCUT2D eigenvalue weighted by Crippen LogP contribution is -2.00. The molecule has 1 aromatic heterocycles. The maximum atomic E-state index is 5.43. The zero-order chi connectivity index (χ0) is 15.3. The molecule has 0 N–H and O–H groups in total. The summed E-state index contributed by atoms with van der Waals surface area (Å²) in [5, 5.41) is 1.20. The summed E-state index contributed by atoms with van der Waals surface area (Å²) >= 11 is 0. The average molecular weight is 273 g/mol. The van der Waals surface area contributed by atoms with E-state index in [1.165, 1.54) is 10.9 Å². The van der Waals surface area contributed by atoms with Crippen LogP contribution < -0.4 is 4.74 Å². The predicted molar refractivity (Wildman–Crippen MR) is 87.8 cm³/mol. The molecule has 0 unspecified atom stereocenters. The molecule has 0 bridgehead atoms. The highest BCUT2D eigenvalue weighted by Gasteiger charge is 2.13. The number of hydrogen-bond donors (Lipinski definition) is 0. The van der Waals surface area contributed by atoms with Gasteiger partial charge in [0.2, 0.25) is 0 Å². The molecule has 1 aromatic carbocycles. The molecule has 0 radical (unpaired) electrons. The molecule has 0 atom stereocenters. The van der Waals surface area contributed by atoms with Gasteiger partial charge in [-0.3, -0.25) is 0 Å². The van der Waals surface area contributed by atoms with Crippen LogP contribution in [0.2, 0.25) is 0 Å². The zero-order valence-corrected chi connectivity index (χ0v) is 13.8. The molecule has 0 amide bonds. The van der Waals surface area contributed by atoms with E-state index in [1.807, 2.05) is 26.0 Å². The minimum absolute atomic E-state index is 0.428. The summed E-state index contributed by atoms with van der Waals surface area (Å²) in [6.45, 7) is 12.8. The van der Waals surface area contributed by atoms with E-state index in [2.05, 4.69) is 39.8 Å². The van der Waals surface area contributed by atoms with E-state index in [4.69, 9.17) is 9.72 Å².